The first-order valence-electron chi connectivity index (χ1n) is 8.70. The number of amides is 1. The molecule has 0 bridgehead atoms. The molecule has 1 amide bonds. The number of nitrogens with one attached hydrogen (secondary N) is 1. The molecule has 0 radical (unpaired) electrons. The topological polar surface area (TPSA) is 58.1 Å². The van der Waals surface area contributed by atoms with Crippen LogP contribution in [0.4, 0.5) is 11.4 Å². The van der Waals surface area contributed by atoms with Gasteiger partial charge in [0.15, 0.2) is 5.65 Å². The van der Waals surface area contributed by atoms with Crippen molar-refractivity contribution in [2.75, 3.05) is 18.4 Å². The Hall–Kier alpha value is -2.22. The first-order valence-corrected chi connectivity index (χ1v) is 9.78. The summed E-state index contributed by atoms with van der Waals surface area (Å²) in [5.41, 5.74) is 3.87. The van der Waals surface area contributed by atoms with Crippen LogP contribution in [0.2, 0.25) is 0 Å². The molecule has 0 unspecified atom stereocenters. The summed E-state index contributed by atoms with van der Waals surface area (Å²) in [5, 5.41) is 4.30. The van der Waals surface area contributed by atoms with Gasteiger partial charge in [0, 0.05) is 39.6 Å². The largest absolute Gasteiger partial charge is 0.354 e. The lowest BCUT2D eigenvalue weighted by molar-refractivity contribution is 0.0793. The third kappa shape index (κ3) is 3.38. The average molecular weight is 458 g/mol. The van der Waals surface area contributed by atoms with Crippen molar-refractivity contribution in [2.45, 2.75) is 19.8 Å². The van der Waals surface area contributed by atoms with E-state index in [1.54, 1.807) is 6.20 Å². The molecule has 26 heavy (non-hydrogen) atoms. The number of likely N-dealkylation sites (tertiary alicyclic amines) is 1. The number of hydrogen-bond acceptors (Lipinski definition) is 4. The van der Waals surface area contributed by atoms with Crippen LogP contribution in [0.1, 0.15) is 28.9 Å². The second-order valence-corrected chi connectivity index (χ2v) is 7.75. The molecule has 2 aromatic heterocycles. The second kappa shape index (κ2) is 7.19. The molecule has 4 rings (SSSR count). The van der Waals surface area contributed by atoms with Gasteiger partial charge in [-0.25, -0.2) is 9.97 Å². The molecule has 3 heterocycles. The van der Waals surface area contributed by atoms with Gasteiger partial charge >= 0.3 is 0 Å². The Morgan fingerprint density at radius 3 is 2.58 bits per heavy atom. The van der Waals surface area contributed by atoms with Crippen LogP contribution in [0.25, 0.3) is 11.0 Å². The summed E-state index contributed by atoms with van der Waals surface area (Å²) in [6.07, 6.45) is 3.78. The smallest absolute Gasteiger partial charge is 0.257 e. The monoisotopic (exact) mass is 458 g/mol. The van der Waals surface area contributed by atoms with Crippen molar-refractivity contribution < 1.29 is 4.79 Å². The zero-order chi connectivity index (χ0) is 18.1. The van der Waals surface area contributed by atoms with Crippen LogP contribution >= 0.6 is 22.6 Å². The van der Waals surface area contributed by atoms with Gasteiger partial charge in [-0.05, 0) is 78.8 Å². The van der Waals surface area contributed by atoms with E-state index in [0.717, 1.165) is 48.4 Å². The molecule has 1 aliphatic heterocycles. The van der Waals surface area contributed by atoms with Crippen molar-refractivity contribution in [3.8, 4) is 0 Å². The van der Waals surface area contributed by atoms with Crippen LogP contribution in [0.3, 0.4) is 0 Å². The molecule has 6 heteroatoms. The third-order valence-corrected chi connectivity index (χ3v) is 5.33. The van der Waals surface area contributed by atoms with E-state index >= 15 is 0 Å². The minimum atomic E-state index is 0.0329. The lowest BCUT2D eigenvalue weighted by Gasteiger charge is -2.19. The molecular formula is C20H19IN4O. The fraction of sp³-hybridized carbons (Fsp3) is 0.250. The molecule has 0 aliphatic carbocycles. The van der Waals surface area contributed by atoms with Gasteiger partial charge in [0.25, 0.3) is 5.91 Å². The maximum absolute atomic E-state index is 13.0. The summed E-state index contributed by atoms with van der Waals surface area (Å²) >= 11 is 2.28. The number of pyridine rings is 2. The standard InChI is InChI=1S/C20H19IN4O/c1-13-4-9-16-18(24-15-7-5-14(21)6-8-15)17(12-22-19(16)23-13)20(26)25-10-2-3-11-25/h4-9,12H,2-3,10-11H2,1H3,(H,22,23,24). The van der Waals surface area contributed by atoms with Crippen molar-refractivity contribution in [2.24, 2.45) is 0 Å². The van der Waals surface area contributed by atoms with Crippen LogP contribution in [-0.2, 0) is 0 Å². The zero-order valence-electron chi connectivity index (χ0n) is 14.5. The van der Waals surface area contributed by atoms with E-state index in [2.05, 4.69) is 37.9 Å². The Bertz CT molecular complexity index is 965. The average Bonchev–Trinajstić information content (AvgIpc) is 3.18. The minimum absolute atomic E-state index is 0.0329. The van der Waals surface area contributed by atoms with Crippen molar-refractivity contribution in [3.05, 3.63) is 57.4 Å². The SMILES string of the molecule is Cc1ccc2c(Nc3ccc(I)cc3)c(C(=O)N3CCCC3)cnc2n1. The number of halogens is 1. The Morgan fingerprint density at radius 1 is 1.12 bits per heavy atom. The van der Waals surface area contributed by atoms with E-state index < -0.39 is 0 Å². The number of aryl methyl sites for hydroxylation is 1. The Morgan fingerprint density at radius 2 is 1.85 bits per heavy atom. The maximum atomic E-state index is 13.0. The first kappa shape index (κ1) is 17.2. The highest BCUT2D eigenvalue weighted by molar-refractivity contribution is 14.1. The van der Waals surface area contributed by atoms with Crippen LogP contribution in [-0.4, -0.2) is 33.9 Å². The molecule has 0 atom stereocenters. The first-order chi connectivity index (χ1) is 12.6. The second-order valence-electron chi connectivity index (χ2n) is 6.50. The van der Waals surface area contributed by atoms with Gasteiger partial charge in [-0.2, -0.15) is 0 Å². The van der Waals surface area contributed by atoms with E-state index in [-0.39, 0.29) is 5.91 Å². The van der Waals surface area contributed by atoms with E-state index in [1.807, 2.05) is 48.2 Å². The highest BCUT2D eigenvalue weighted by Gasteiger charge is 2.24. The molecule has 3 aromatic rings. The van der Waals surface area contributed by atoms with Crippen molar-refractivity contribution in [3.63, 3.8) is 0 Å². The summed E-state index contributed by atoms with van der Waals surface area (Å²) in [5.74, 6) is 0.0329. The quantitative estimate of drug-likeness (QED) is 0.587. The fourth-order valence-electron chi connectivity index (χ4n) is 3.24. The number of nitrogens with zero attached hydrogens (tertiary/aromatic N) is 3. The number of benzene rings is 1. The van der Waals surface area contributed by atoms with Crippen LogP contribution in [0.5, 0.6) is 0 Å². The van der Waals surface area contributed by atoms with Gasteiger partial charge < -0.3 is 10.2 Å². The molecule has 1 aromatic carbocycles. The van der Waals surface area contributed by atoms with Crippen LogP contribution in [0, 0.1) is 10.5 Å². The van der Waals surface area contributed by atoms with Gasteiger partial charge in [0.05, 0.1) is 11.3 Å². The van der Waals surface area contributed by atoms with Gasteiger partial charge in [0.1, 0.15) is 0 Å². The summed E-state index contributed by atoms with van der Waals surface area (Å²) in [6.45, 7) is 3.56. The summed E-state index contributed by atoms with van der Waals surface area (Å²) in [7, 11) is 0. The van der Waals surface area contributed by atoms with Crippen molar-refractivity contribution in [1.29, 1.82) is 0 Å². The number of carbonyl (C=O) groups excluding carboxylic acids is 1. The summed E-state index contributed by atoms with van der Waals surface area (Å²) in [6, 6.07) is 12.0. The predicted octanol–water partition coefficient (Wildman–Crippen LogP) is 4.52. The van der Waals surface area contributed by atoms with Crippen molar-refractivity contribution in [1.82, 2.24) is 14.9 Å². The summed E-state index contributed by atoms with van der Waals surface area (Å²) < 4.78 is 1.17. The molecule has 1 aliphatic rings. The van der Waals surface area contributed by atoms with E-state index in [9.17, 15) is 4.79 Å². The van der Waals surface area contributed by atoms with E-state index in [0.29, 0.717) is 11.2 Å². The Kier molecular flexibility index (Phi) is 4.76. The number of hydrogen-bond donors (Lipinski definition) is 1. The van der Waals surface area contributed by atoms with Crippen molar-refractivity contribution >= 4 is 50.9 Å². The van der Waals surface area contributed by atoms with Gasteiger partial charge in [-0.15, -0.1) is 0 Å². The van der Waals surface area contributed by atoms with Crippen LogP contribution in [0.15, 0.2) is 42.6 Å². The molecule has 1 fully saturated rings. The molecule has 0 saturated carbocycles. The maximum Gasteiger partial charge on any atom is 0.257 e. The molecule has 1 N–H and O–H groups in total. The highest BCUT2D eigenvalue weighted by Crippen LogP contribution is 2.30. The number of fused-ring (bicyclic) bond motifs is 1. The van der Waals surface area contributed by atoms with E-state index in [4.69, 9.17) is 0 Å². The number of aromatic nitrogens is 2. The number of carbonyl (C=O) groups is 1. The lowest BCUT2D eigenvalue weighted by atomic mass is 10.1. The highest BCUT2D eigenvalue weighted by atomic mass is 127. The minimum Gasteiger partial charge on any atom is -0.354 e. The predicted molar refractivity (Wildman–Crippen MR) is 112 cm³/mol. The van der Waals surface area contributed by atoms with E-state index in [1.165, 1.54) is 3.57 Å². The Labute approximate surface area is 166 Å². The summed E-state index contributed by atoms with van der Waals surface area (Å²) in [4.78, 5) is 23.9. The number of rotatable bonds is 3. The Balaban J connectivity index is 1.83. The molecule has 5 nitrogen and oxygen atoms in total. The molecule has 0 spiro atoms. The van der Waals surface area contributed by atoms with Crippen LogP contribution < -0.4 is 5.32 Å². The van der Waals surface area contributed by atoms with Gasteiger partial charge in [0.2, 0.25) is 0 Å². The third-order valence-electron chi connectivity index (χ3n) is 4.61. The molecule has 1 saturated heterocycles. The normalized spacial score (nSPS) is 14.0. The van der Waals surface area contributed by atoms with Gasteiger partial charge in [-0.1, -0.05) is 0 Å². The molecule has 132 valence electrons. The zero-order valence-corrected chi connectivity index (χ0v) is 16.7. The fourth-order valence-corrected chi connectivity index (χ4v) is 3.60. The number of anilines is 2. The lowest BCUT2D eigenvalue weighted by Crippen LogP contribution is -2.28. The van der Waals surface area contributed by atoms with Gasteiger partial charge in [-0.3, -0.25) is 4.79 Å². The molecular weight excluding hydrogens is 439 g/mol.